The molecule has 0 amide bonds. The largest absolute Gasteiger partial charge is 0.478 e. The molecule has 0 radical (unpaired) electrons. The van der Waals surface area contributed by atoms with E-state index in [1.165, 1.54) is 4.09 Å². The quantitative estimate of drug-likeness (QED) is 0.408. The van der Waals surface area contributed by atoms with Gasteiger partial charge in [-0.3, -0.25) is 0 Å². The van der Waals surface area contributed by atoms with Gasteiger partial charge < -0.3 is 5.11 Å². The maximum atomic E-state index is 12.0. The summed E-state index contributed by atoms with van der Waals surface area (Å²) in [7, 11) is 0. The third-order valence-corrected chi connectivity index (χ3v) is 4.61. The predicted molar refractivity (Wildman–Crippen MR) is 97.8 cm³/mol. The number of hydrogen-bond acceptors (Lipinski definition) is 3. The number of rotatable bonds is 10. The summed E-state index contributed by atoms with van der Waals surface area (Å²) in [5.41, 5.74) is 1.76. The normalized spacial score (nSPS) is 12.0. The lowest BCUT2D eigenvalue weighted by Gasteiger charge is -2.08. The summed E-state index contributed by atoms with van der Waals surface area (Å²) in [4.78, 5) is 11.5. The van der Waals surface area contributed by atoms with Crippen molar-refractivity contribution >= 4 is 29.7 Å². The van der Waals surface area contributed by atoms with Crippen LogP contribution in [0.15, 0.2) is 18.3 Å². The van der Waals surface area contributed by atoms with Crippen molar-refractivity contribution in [3.05, 3.63) is 29.5 Å². The molecule has 0 atom stereocenters. The van der Waals surface area contributed by atoms with Gasteiger partial charge in [0.15, 0.2) is 0 Å². The molecule has 0 aliphatic heterocycles. The zero-order valence-electron chi connectivity index (χ0n) is 14.4. The van der Waals surface area contributed by atoms with Crippen LogP contribution in [0.2, 0.25) is 0 Å². The summed E-state index contributed by atoms with van der Waals surface area (Å²) in [6.07, 6.45) is 2.79. The highest BCUT2D eigenvalue weighted by Gasteiger charge is 2.25. The number of hydrogen-bond donors (Lipinski definition) is 2. The number of carboxylic acid groups (broad SMARTS) is 1. The smallest absolute Gasteiger partial charge is 0.389 e. The molecule has 0 aliphatic carbocycles. The molecule has 0 saturated carbocycles. The first-order chi connectivity index (χ1) is 12.3. The number of carboxylic acids is 1. The highest BCUT2D eigenvalue weighted by molar-refractivity contribution is 7.78. The van der Waals surface area contributed by atoms with Gasteiger partial charge in [0, 0.05) is 18.0 Å². The molecular formula is C18H23F3N2O2S. The van der Waals surface area contributed by atoms with Crippen molar-refractivity contribution in [2.24, 2.45) is 0 Å². The maximum Gasteiger partial charge on any atom is 0.389 e. The lowest BCUT2D eigenvalue weighted by Crippen LogP contribution is -2.06. The molecule has 0 saturated heterocycles. The number of nitrogens with zero attached hydrogens (tertiary/aromatic N) is 2. The molecule has 1 aromatic heterocycles. The fourth-order valence-corrected chi connectivity index (χ4v) is 3.33. The zero-order valence-corrected chi connectivity index (χ0v) is 15.3. The second kappa shape index (κ2) is 9.30. The Morgan fingerprint density at radius 1 is 1.08 bits per heavy atom. The summed E-state index contributed by atoms with van der Waals surface area (Å²) in [5, 5.41) is 14.4. The zero-order chi connectivity index (χ0) is 19.2. The number of thiol groups is 1. The van der Waals surface area contributed by atoms with E-state index in [9.17, 15) is 23.1 Å². The van der Waals surface area contributed by atoms with Gasteiger partial charge in [-0.05, 0) is 49.8 Å². The third-order valence-electron chi connectivity index (χ3n) is 4.41. The van der Waals surface area contributed by atoms with Gasteiger partial charge >= 0.3 is 12.1 Å². The van der Waals surface area contributed by atoms with E-state index < -0.39 is 18.6 Å². The van der Waals surface area contributed by atoms with Crippen molar-refractivity contribution < 1.29 is 23.1 Å². The summed E-state index contributed by atoms with van der Waals surface area (Å²) < 4.78 is 37.5. The number of unbranched alkanes of at least 4 members (excludes halogenated alkanes) is 6. The minimum Gasteiger partial charge on any atom is -0.478 e. The van der Waals surface area contributed by atoms with Crippen LogP contribution < -0.4 is 0 Å². The van der Waals surface area contributed by atoms with Gasteiger partial charge in [0.2, 0.25) is 0 Å². The molecule has 0 bridgehead atoms. The summed E-state index contributed by atoms with van der Waals surface area (Å²) >= 11 is 4.15. The van der Waals surface area contributed by atoms with Crippen LogP contribution in [0.3, 0.4) is 0 Å². The molecule has 4 nitrogen and oxygen atoms in total. The van der Waals surface area contributed by atoms with Crippen molar-refractivity contribution in [1.29, 1.82) is 0 Å². The van der Waals surface area contributed by atoms with Gasteiger partial charge in [-0.25, -0.2) is 8.88 Å². The fraction of sp³-hybridized carbons (Fsp3) is 0.556. The number of carbonyl (C=O) groups is 1. The Kier molecular flexibility index (Phi) is 7.37. The van der Waals surface area contributed by atoms with Crippen molar-refractivity contribution in [2.75, 3.05) is 0 Å². The first kappa shape index (κ1) is 20.6. The number of aromatic carboxylic acids is 1. The summed E-state index contributed by atoms with van der Waals surface area (Å²) in [6.45, 7) is 0. The Labute approximate surface area is 155 Å². The molecule has 8 heteroatoms. The minimum atomic E-state index is -4.05. The van der Waals surface area contributed by atoms with E-state index in [4.69, 9.17) is 0 Å². The van der Waals surface area contributed by atoms with Gasteiger partial charge in [0.1, 0.15) is 0 Å². The van der Waals surface area contributed by atoms with Crippen LogP contribution >= 0.6 is 12.8 Å². The molecule has 1 heterocycles. The fourth-order valence-electron chi connectivity index (χ4n) is 3.12. The van der Waals surface area contributed by atoms with Gasteiger partial charge in [-0.2, -0.15) is 18.3 Å². The topological polar surface area (TPSA) is 55.1 Å². The van der Waals surface area contributed by atoms with Crippen LogP contribution in [0.25, 0.3) is 10.9 Å². The van der Waals surface area contributed by atoms with E-state index in [1.54, 1.807) is 18.3 Å². The van der Waals surface area contributed by atoms with Crippen molar-refractivity contribution in [3.63, 3.8) is 0 Å². The molecule has 0 aliphatic rings. The third kappa shape index (κ3) is 6.23. The van der Waals surface area contributed by atoms with Crippen molar-refractivity contribution in [3.8, 4) is 0 Å². The van der Waals surface area contributed by atoms with Crippen molar-refractivity contribution in [1.82, 2.24) is 9.19 Å². The second-order valence-electron chi connectivity index (χ2n) is 6.47. The predicted octanol–water partition coefficient (Wildman–Crippen LogP) is 5.65. The molecule has 0 unspecified atom stereocenters. The number of fused-ring (bicyclic) bond motifs is 1. The lowest BCUT2D eigenvalue weighted by molar-refractivity contribution is -0.135. The van der Waals surface area contributed by atoms with E-state index in [0.29, 0.717) is 18.4 Å². The molecule has 2 rings (SSSR count). The van der Waals surface area contributed by atoms with E-state index in [0.717, 1.165) is 43.1 Å². The molecule has 2 aromatic rings. The number of aryl methyl sites for hydroxylation is 1. The Bertz CT molecular complexity index is 744. The number of alkyl halides is 3. The van der Waals surface area contributed by atoms with Crippen LogP contribution in [0.1, 0.15) is 67.3 Å². The molecule has 1 aromatic carbocycles. The Balaban J connectivity index is 1.77. The van der Waals surface area contributed by atoms with Crippen LogP contribution in [-0.2, 0) is 6.42 Å². The summed E-state index contributed by atoms with van der Waals surface area (Å²) in [6, 6.07) is 3.25. The number of aromatic nitrogens is 2. The van der Waals surface area contributed by atoms with Crippen LogP contribution in [-0.4, -0.2) is 26.4 Å². The first-order valence-electron chi connectivity index (χ1n) is 8.78. The van der Waals surface area contributed by atoms with E-state index >= 15 is 0 Å². The number of halogens is 3. The minimum absolute atomic E-state index is 0.196. The first-order valence-corrected chi connectivity index (χ1v) is 9.18. The Morgan fingerprint density at radius 3 is 2.31 bits per heavy atom. The van der Waals surface area contributed by atoms with Gasteiger partial charge in [-0.15, -0.1) is 0 Å². The van der Waals surface area contributed by atoms with Crippen LogP contribution in [0.5, 0.6) is 0 Å². The second-order valence-corrected chi connectivity index (χ2v) is 6.88. The maximum absolute atomic E-state index is 12.0. The highest BCUT2D eigenvalue weighted by Crippen LogP contribution is 2.25. The van der Waals surface area contributed by atoms with Gasteiger partial charge in [-0.1, -0.05) is 32.1 Å². The van der Waals surface area contributed by atoms with Gasteiger partial charge in [0.05, 0.1) is 11.1 Å². The van der Waals surface area contributed by atoms with E-state index in [-0.39, 0.29) is 12.0 Å². The van der Waals surface area contributed by atoms with Crippen molar-refractivity contribution in [2.45, 2.75) is 64.0 Å². The average molecular weight is 388 g/mol. The monoisotopic (exact) mass is 388 g/mol. The molecule has 144 valence electrons. The standard InChI is InChI=1S/C18H23F3N2O2S/c19-18(20,21)11-7-5-3-1-2-4-6-8-13-14(17(24)25)9-10-16-15(13)12-23(26)22-16/h9-10,12,26H,1-8,11H2,(H,24,25). The molecule has 0 spiro atoms. The molecular weight excluding hydrogens is 365 g/mol. The Hall–Kier alpha value is -1.70. The average Bonchev–Trinajstić information content (AvgIpc) is 2.92. The molecule has 1 N–H and O–H groups in total. The molecule has 26 heavy (non-hydrogen) atoms. The lowest BCUT2D eigenvalue weighted by atomic mass is 9.97. The van der Waals surface area contributed by atoms with Crippen LogP contribution in [0, 0.1) is 0 Å². The SMILES string of the molecule is O=C(O)c1ccc2nn(S)cc2c1CCCCCCCCCC(F)(F)F. The Morgan fingerprint density at radius 2 is 1.69 bits per heavy atom. The van der Waals surface area contributed by atoms with Crippen LogP contribution in [0.4, 0.5) is 13.2 Å². The highest BCUT2D eigenvalue weighted by atomic mass is 32.1. The number of benzene rings is 1. The summed E-state index contributed by atoms with van der Waals surface area (Å²) in [5.74, 6) is -0.960. The van der Waals surface area contributed by atoms with Gasteiger partial charge in [0.25, 0.3) is 0 Å². The van der Waals surface area contributed by atoms with E-state index in [2.05, 4.69) is 17.9 Å². The van der Waals surface area contributed by atoms with E-state index in [1.807, 2.05) is 0 Å². The molecule has 0 fully saturated rings.